The minimum Gasteiger partial charge on any atom is -0.337 e. The number of amidine groups is 1. The minimum atomic E-state index is -0.0273. The molecule has 6 heteroatoms. The molecule has 2 heterocycles. The summed E-state index contributed by atoms with van der Waals surface area (Å²) >= 11 is 0. The zero-order valence-electron chi connectivity index (χ0n) is 19.3. The van der Waals surface area contributed by atoms with Gasteiger partial charge in [0.2, 0.25) is 0 Å². The van der Waals surface area contributed by atoms with Crippen molar-refractivity contribution in [3.63, 3.8) is 0 Å². The summed E-state index contributed by atoms with van der Waals surface area (Å²) in [5, 5.41) is 3.05. The second kappa shape index (κ2) is 11.5. The van der Waals surface area contributed by atoms with Crippen molar-refractivity contribution < 1.29 is 4.79 Å². The number of aromatic nitrogens is 2. The van der Waals surface area contributed by atoms with Crippen molar-refractivity contribution >= 4 is 11.9 Å². The molecule has 0 spiro atoms. The first-order valence-electron chi connectivity index (χ1n) is 11.9. The van der Waals surface area contributed by atoms with E-state index >= 15 is 0 Å². The first-order valence-corrected chi connectivity index (χ1v) is 11.9. The second-order valence-corrected chi connectivity index (χ2v) is 8.51. The molecule has 0 bridgehead atoms. The van der Waals surface area contributed by atoms with E-state index in [4.69, 9.17) is 4.99 Å². The summed E-state index contributed by atoms with van der Waals surface area (Å²) < 4.78 is 2.05. The minimum absolute atomic E-state index is 0.0273. The predicted octanol–water partition coefficient (Wildman–Crippen LogP) is 5.09. The largest absolute Gasteiger partial charge is 0.337 e. The molecule has 4 rings (SSSR count). The quantitative estimate of drug-likeness (QED) is 0.449. The summed E-state index contributed by atoms with van der Waals surface area (Å²) in [6.45, 7) is 4.40. The summed E-state index contributed by atoms with van der Waals surface area (Å²) in [5.41, 5.74) is 2.59. The Kier molecular flexibility index (Phi) is 7.90. The molecule has 1 N–H and O–H groups in total. The van der Waals surface area contributed by atoms with Gasteiger partial charge in [0.1, 0.15) is 5.84 Å². The van der Waals surface area contributed by atoms with Crippen molar-refractivity contribution in [2.45, 2.75) is 51.1 Å². The first kappa shape index (κ1) is 22.8. The van der Waals surface area contributed by atoms with Crippen LogP contribution in [0.25, 0.3) is 0 Å². The average Bonchev–Trinajstić information content (AvgIpc) is 3.47. The third-order valence-electron chi connectivity index (χ3n) is 6.23. The molecule has 0 aliphatic carbocycles. The molecule has 0 saturated carbocycles. The maximum Gasteiger partial charge on any atom is 0.323 e. The van der Waals surface area contributed by atoms with Gasteiger partial charge >= 0.3 is 6.03 Å². The van der Waals surface area contributed by atoms with Crippen LogP contribution in [0.4, 0.5) is 4.79 Å². The third kappa shape index (κ3) is 5.89. The van der Waals surface area contributed by atoms with Gasteiger partial charge < -0.3 is 9.47 Å². The van der Waals surface area contributed by atoms with Crippen LogP contribution in [-0.2, 0) is 6.54 Å². The monoisotopic (exact) mass is 443 g/mol. The number of hydrogen-bond donors (Lipinski definition) is 1. The number of rotatable bonds is 11. The highest BCUT2D eigenvalue weighted by Crippen LogP contribution is 2.28. The second-order valence-electron chi connectivity index (χ2n) is 8.51. The Labute approximate surface area is 196 Å². The number of urea groups is 1. The normalized spacial score (nSPS) is 17.2. The number of carbonyl (C=O) groups excluding carboxylic acids is 1. The Hall–Kier alpha value is -3.41. The first-order chi connectivity index (χ1) is 16.3. The van der Waals surface area contributed by atoms with Gasteiger partial charge in [-0.05, 0) is 30.4 Å². The standard InChI is InChI=1S/C27H33N5O/c1-2-10-25-26(30-27(33)32(25)19-9-18-31-20-17-28-21-31)29-16-15-24(22-11-5-3-6-12-22)23-13-7-4-8-14-23/h3-8,11-14,17,20-21,24-25H,2,9-10,15-16,18-19H2,1H3,(H,29,30,33). The number of nitrogens with zero attached hydrogens (tertiary/aromatic N) is 4. The summed E-state index contributed by atoms with van der Waals surface area (Å²) in [6, 6.07) is 21.2. The molecule has 1 aromatic heterocycles. The number of aliphatic imine (C=N–C) groups is 1. The van der Waals surface area contributed by atoms with Crippen LogP contribution in [0.3, 0.4) is 0 Å². The number of benzene rings is 2. The Morgan fingerprint density at radius 2 is 1.73 bits per heavy atom. The smallest absolute Gasteiger partial charge is 0.323 e. The van der Waals surface area contributed by atoms with Gasteiger partial charge in [-0.25, -0.2) is 9.78 Å². The van der Waals surface area contributed by atoms with Gasteiger partial charge in [-0.3, -0.25) is 10.3 Å². The summed E-state index contributed by atoms with van der Waals surface area (Å²) in [5.74, 6) is 1.11. The van der Waals surface area contributed by atoms with Crippen LogP contribution in [0.2, 0.25) is 0 Å². The highest BCUT2D eigenvalue weighted by molar-refractivity contribution is 6.07. The molecule has 1 aliphatic heterocycles. The van der Waals surface area contributed by atoms with E-state index in [2.05, 4.69) is 77.9 Å². The van der Waals surface area contributed by atoms with Crippen molar-refractivity contribution in [1.29, 1.82) is 0 Å². The molecule has 33 heavy (non-hydrogen) atoms. The lowest BCUT2D eigenvalue weighted by molar-refractivity contribution is 0.201. The summed E-state index contributed by atoms with van der Waals surface area (Å²) in [7, 11) is 0. The van der Waals surface area contributed by atoms with Crippen LogP contribution >= 0.6 is 0 Å². The Morgan fingerprint density at radius 1 is 1.03 bits per heavy atom. The molecule has 172 valence electrons. The van der Waals surface area contributed by atoms with Crippen LogP contribution in [0.1, 0.15) is 49.7 Å². The van der Waals surface area contributed by atoms with E-state index in [1.807, 2.05) is 22.0 Å². The molecule has 1 fully saturated rings. The molecule has 3 aromatic rings. The molecule has 1 unspecified atom stereocenters. The van der Waals surface area contributed by atoms with E-state index in [0.29, 0.717) is 13.1 Å². The Balaban J connectivity index is 1.42. The number of amides is 2. The van der Waals surface area contributed by atoms with Gasteiger partial charge in [0.25, 0.3) is 0 Å². The fraction of sp³-hybridized carbons (Fsp3) is 0.370. The number of hydrogen-bond acceptors (Lipinski definition) is 3. The maximum atomic E-state index is 12.7. The van der Waals surface area contributed by atoms with Crippen molar-refractivity contribution in [1.82, 2.24) is 19.8 Å². The van der Waals surface area contributed by atoms with Crippen LogP contribution in [0.15, 0.2) is 84.4 Å². The topological polar surface area (TPSA) is 62.5 Å². The van der Waals surface area contributed by atoms with Crippen LogP contribution < -0.4 is 5.32 Å². The van der Waals surface area contributed by atoms with Gasteiger partial charge in [-0.2, -0.15) is 0 Å². The zero-order chi connectivity index (χ0) is 22.9. The fourth-order valence-electron chi connectivity index (χ4n) is 4.58. The summed E-state index contributed by atoms with van der Waals surface area (Å²) in [6.07, 6.45) is 9.27. The highest BCUT2D eigenvalue weighted by atomic mass is 16.2. The molecule has 1 atom stereocenters. The zero-order valence-corrected chi connectivity index (χ0v) is 19.3. The molecule has 1 aliphatic rings. The average molecular weight is 444 g/mol. The highest BCUT2D eigenvalue weighted by Gasteiger charge is 2.35. The molecule has 0 radical (unpaired) electrons. The lowest BCUT2D eigenvalue weighted by Crippen LogP contribution is -2.36. The van der Waals surface area contributed by atoms with E-state index in [-0.39, 0.29) is 18.0 Å². The van der Waals surface area contributed by atoms with Crippen molar-refractivity contribution in [2.75, 3.05) is 13.1 Å². The van der Waals surface area contributed by atoms with Crippen molar-refractivity contribution in [3.05, 3.63) is 90.5 Å². The van der Waals surface area contributed by atoms with Crippen LogP contribution in [-0.4, -0.2) is 45.4 Å². The van der Waals surface area contributed by atoms with Gasteiger partial charge in [0.05, 0.1) is 12.4 Å². The summed E-state index contributed by atoms with van der Waals surface area (Å²) in [4.78, 5) is 23.7. The van der Waals surface area contributed by atoms with Crippen LogP contribution in [0.5, 0.6) is 0 Å². The number of nitrogens with one attached hydrogen (secondary N) is 1. The van der Waals surface area contributed by atoms with Crippen molar-refractivity contribution in [2.24, 2.45) is 4.99 Å². The van der Waals surface area contributed by atoms with E-state index in [0.717, 1.165) is 38.1 Å². The van der Waals surface area contributed by atoms with Gasteiger partial charge in [-0.15, -0.1) is 0 Å². The SMILES string of the molecule is CCCC1C(=NCCC(c2ccccc2)c2ccccc2)NC(=O)N1CCCn1ccnc1. The molecular weight excluding hydrogens is 410 g/mol. The van der Waals surface area contributed by atoms with E-state index < -0.39 is 0 Å². The Morgan fingerprint density at radius 3 is 2.33 bits per heavy atom. The van der Waals surface area contributed by atoms with E-state index in [9.17, 15) is 4.79 Å². The van der Waals surface area contributed by atoms with E-state index in [1.54, 1.807) is 6.20 Å². The third-order valence-corrected chi connectivity index (χ3v) is 6.23. The van der Waals surface area contributed by atoms with Crippen molar-refractivity contribution in [3.8, 4) is 0 Å². The molecule has 6 nitrogen and oxygen atoms in total. The Bertz CT molecular complexity index is 978. The number of aryl methyl sites for hydroxylation is 1. The van der Waals surface area contributed by atoms with Gasteiger partial charge in [-0.1, -0.05) is 74.0 Å². The lowest BCUT2D eigenvalue weighted by atomic mass is 9.88. The number of carbonyl (C=O) groups is 1. The molecule has 2 aromatic carbocycles. The van der Waals surface area contributed by atoms with Gasteiger partial charge in [0, 0.05) is 37.9 Å². The number of imidazole rings is 1. The predicted molar refractivity (Wildman–Crippen MR) is 132 cm³/mol. The van der Waals surface area contributed by atoms with Crippen LogP contribution in [0, 0.1) is 0 Å². The fourth-order valence-corrected chi connectivity index (χ4v) is 4.58. The van der Waals surface area contributed by atoms with Gasteiger partial charge in [0.15, 0.2) is 0 Å². The molecule has 1 saturated heterocycles. The molecule has 2 amide bonds. The van der Waals surface area contributed by atoms with E-state index in [1.165, 1.54) is 11.1 Å². The lowest BCUT2D eigenvalue weighted by Gasteiger charge is -2.23. The molecular formula is C27H33N5O. The maximum absolute atomic E-state index is 12.7.